The van der Waals surface area contributed by atoms with Crippen LogP contribution in [-0.4, -0.2) is 18.6 Å². The second-order valence-electron chi connectivity index (χ2n) is 6.13. The first-order valence-corrected chi connectivity index (χ1v) is 7.95. The number of nitrogens with one attached hydrogen (secondary N) is 2. The Morgan fingerprint density at radius 1 is 1.11 bits per heavy atom. The molecule has 0 spiro atoms. The molecule has 2 N–H and O–H groups in total. The van der Waals surface area contributed by atoms with Crippen LogP contribution in [0.2, 0.25) is 0 Å². The van der Waals surface area contributed by atoms with Crippen molar-refractivity contribution in [2.24, 2.45) is 0 Å². The van der Waals surface area contributed by atoms with Gasteiger partial charge in [0, 0.05) is 18.6 Å². The molecule has 1 unspecified atom stereocenters. The molecule has 0 amide bonds. The number of rotatable bonds is 5. The Morgan fingerprint density at radius 3 is 2.74 bits per heavy atom. The molecular weight excluding hydrogens is 232 g/mol. The normalized spacial score (nSPS) is 23.5. The highest BCUT2D eigenvalue weighted by Gasteiger charge is 2.17. The Bertz CT molecular complexity index is 396. The van der Waals surface area contributed by atoms with Crippen molar-refractivity contribution in [2.75, 3.05) is 6.54 Å². The number of benzene rings is 1. The van der Waals surface area contributed by atoms with Crippen molar-refractivity contribution in [2.45, 2.75) is 63.6 Å². The summed E-state index contributed by atoms with van der Waals surface area (Å²) in [6.07, 6.45) is 9.46. The molecule has 0 bridgehead atoms. The first-order chi connectivity index (χ1) is 9.42. The lowest BCUT2D eigenvalue weighted by molar-refractivity contribution is 0.423. The molecule has 3 rings (SSSR count). The lowest BCUT2D eigenvalue weighted by Gasteiger charge is -2.26. The lowest BCUT2D eigenvalue weighted by atomic mass is 9.93. The monoisotopic (exact) mass is 258 g/mol. The molecule has 104 valence electrons. The van der Waals surface area contributed by atoms with E-state index in [0.29, 0.717) is 6.04 Å². The van der Waals surface area contributed by atoms with E-state index in [4.69, 9.17) is 0 Å². The molecule has 0 aromatic heterocycles. The molecular formula is C17H26N2. The average Bonchev–Trinajstić information content (AvgIpc) is 2.97. The molecule has 1 fully saturated rings. The van der Waals surface area contributed by atoms with Gasteiger partial charge in [0.1, 0.15) is 0 Å². The topological polar surface area (TPSA) is 24.1 Å². The van der Waals surface area contributed by atoms with Crippen molar-refractivity contribution < 1.29 is 0 Å². The summed E-state index contributed by atoms with van der Waals surface area (Å²) in [6.45, 7) is 2.25. The van der Waals surface area contributed by atoms with Crippen molar-refractivity contribution >= 4 is 0 Å². The predicted molar refractivity (Wildman–Crippen MR) is 80.3 cm³/mol. The zero-order valence-electron chi connectivity index (χ0n) is 11.8. The van der Waals surface area contributed by atoms with Crippen LogP contribution in [0.5, 0.6) is 0 Å². The fraction of sp³-hybridized carbons (Fsp3) is 0.647. The van der Waals surface area contributed by atoms with Gasteiger partial charge in [0.25, 0.3) is 0 Å². The van der Waals surface area contributed by atoms with Crippen molar-refractivity contribution in [3.8, 4) is 0 Å². The van der Waals surface area contributed by atoms with E-state index in [-0.39, 0.29) is 0 Å². The van der Waals surface area contributed by atoms with E-state index in [9.17, 15) is 0 Å². The fourth-order valence-electron chi connectivity index (χ4n) is 3.51. The van der Waals surface area contributed by atoms with Crippen LogP contribution in [0.25, 0.3) is 0 Å². The van der Waals surface area contributed by atoms with E-state index in [2.05, 4.69) is 34.9 Å². The molecule has 1 aromatic carbocycles. The lowest BCUT2D eigenvalue weighted by Crippen LogP contribution is -2.36. The first kappa shape index (κ1) is 13.1. The first-order valence-electron chi connectivity index (χ1n) is 7.95. The minimum atomic E-state index is 0.681. The number of hydrogen-bond acceptors (Lipinski definition) is 2. The molecule has 1 saturated carbocycles. The van der Waals surface area contributed by atoms with Gasteiger partial charge < -0.3 is 10.6 Å². The average molecular weight is 258 g/mol. The molecule has 19 heavy (non-hydrogen) atoms. The van der Waals surface area contributed by atoms with Gasteiger partial charge in [-0.1, -0.05) is 37.1 Å². The number of fused-ring (bicyclic) bond motifs is 1. The largest absolute Gasteiger partial charge is 0.314 e. The van der Waals surface area contributed by atoms with Gasteiger partial charge in [-0.25, -0.2) is 0 Å². The highest BCUT2D eigenvalue weighted by Crippen LogP contribution is 2.19. The Labute approximate surface area is 117 Å². The SMILES string of the molecule is c1ccc2c(c1)CNC(CCCNC1CCCC1)C2. The Hall–Kier alpha value is -0.860. The third-order valence-corrected chi connectivity index (χ3v) is 4.68. The highest BCUT2D eigenvalue weighted by molar-refractivity contribution is 5.29. The van der Waals surface area contributed by atoms with Crippen LogP contribution in [0, 0.1) is 0 Å². The Kier molecular flexibility index (Phi) is 4.52. The maximum Gasteiger partial charge on any atom is 0.0210 e. The predicted octanol–water partition coefficient (Wildman–Crippen LogP) is 3.01. The highest BCUT2D eigenvalue weighted by atomic mass is 14.9. The van der Waals surface area contributed by atoms with Crippen LogP contribution in [0.4, 0.5) is 0 Å². The zero-order chi connectivity index (χ0) is 12.9. The summed E-state index contributed by atoms with van der Waals surface area (Å²) in [7, 11) is 0. The van der Waals surface area contributed by atoms with Crippen LogP contribution >= 0.6 is 0 Å². The van der Waals surface area contributed by atoms with Gasteiger partial charge in [0.05, 0.1) is 0 Å². The Balaban J connectivity index is 1.37. The second kappa shape index (κ2) is 6.53. The zero-order valence-corrected chi connectivity index (χ0v) is 11.8. The van der Waals surface area contributed by atoms with Gasteiger partial charge in [-0.3, -0.25) is 0 Å². The summed E-state index contributed by atoms with van der Waals surface area (Å²) in [4.78, 5) is 0. The summed E-state index contributed by atoms with van der Waals surface area (Å²) in [5.74, 6) is 0. The summed E-state index contributed by atoms with van der Waals surface area (Å²) >= 11 is 0. The fourth-order valence-corrected chi connectivity index (χ4v) is 3.51. The van der Waals surface area contributed by atoms with Crippen LogP contribution in [0.15, 0.2) is 24.3 Å². The van der Waals surface area contributed by atoms with E-state index >= 15 is 0 Å². The minimum Gasteiger partial charge on any atom is -0.314 e. The van der Waals surface area contributed by atoms with Gasteiger partial charge in [-0.05, 0) is 49.8 Å². The van der Waals surface area contributed by atoms with Crippen LogP contribution in [0.3, 0.4) is 0 Å². The standard InChI is InChI=1S/C17H26N2/c1-2-7-15-13-19-17(12-14(15)6-1)10-5-11-18-16-8-3-4-9-16/h1-2,6-7,16-19H,3-5,8-13H2. The van der Waals surface area contributed by atoms with Crippen molar-refractivity contribution in [1.82, 2.24) is 10.6 Å². The molecule has 0 saturated heterocycles. The van der Waals surface area contributed by atoms with Gasteiger partial charge in [-0.2, -0.15) is 0 Å². The van der Waals surface area contributed by atoms with Crippen molar-refractivity contribution in [3.63, 3.8) is 0 Å². The van der Waals surface area contributed by atoms with E-state index in [0.717, 1.165) is 12.6 Å². The Morgan fingerprint density at radius 2 is 1.89 bits per heavy atom. The van der Waals surface area contributed by atoms with Crippen LogP contribution in [0.1, 0.15) is 49.7 Å². The molecule has 0 radical (unpaired) electrons. The summed E-state index contributed by atoms with van der Waals surface area (Å²) in [6, 6.07) is 10.4. The van der Waals surface area contributed by atoms with Crippen LogP contribution in [-0.2, 0) is 13.0 Å². The molecule has 1 aliphatic carbocycles. The molecule has 2 nitrogen and oxygen atoms in total. The van der Waals surface area contributed by atoms with Crippen molar-refractivity contribution in [3.05, 3.63) is 35.4 Å². The smallest absolute Gasteiger partial charge is 0.0210 e. The van der Waals surface area contributed by atoms with Gasteiger partial charge in [0.2, 0.25) is 0 Å². The third kappa shape index (κ3) is 3.58. The van der Waals surface area contributed by atoms with Gasteiger partial charge >= 0.3 is 0 Å². The maximum atomic E-state index is 3.71. The molecule has 2 heteroatoms. The molecule has 2 aliphatic rings. The number of hydrogen-bond donors (Lipinski definition) is 2. The third-order valence-electron chi connectivity index (χ3n) is 4.68. The summed E-state index contributed by atoms with van der Waals surface area (Å²) in [5, 5.41) is 7.39. The van der Waals surface area contributed by atoms with Gasteiger partial charge in [0.15, 0.2) is 0 Å². The van der Waals surface area contributed by atoms with Gasteiger partial charge in [-0.15, -0.1) is 0 Å². The van der Waals surface area contributed by atoms with Crippen LogP contribution < -0.4 is 10.6 Å². The molecule has 1 heterocycles. The molecule has 1 aliphatic heterocycles. The summed E-state index contributed by atoms with van der Waals surface area (Å²) in [5.41, 5.74) is 3.04. The van der Waals surface area contributed by atoms with Crippen molar-refractivity contribution in [1.29, 1.82) is 0 Å². The summed E-state index contributed by atoms with van der Waals surface area (Å²) < 4.78 is 0. The second-order valence-corrected chi connectivity index (χ2v) is 6.13. The van der Waals surface area contributed by atoms with E-state index in [1.165, 1.54) is 57.1 Å². The molecule has 1 atom stereocenters. The minimum absolute atomic E-state index is 0.681. The quantitative estimate of drug-likeness (QED) is 0.793. The van der Waals surface area contributed by atoms with E-state index < -0.39 is 0 Å². The van der Waals surface area contributed by atoms with E-state index in [1.54, 1.807) is 5.56 Å². The maximum absolute atomic E-state index is 3.71. The van der Waals surface area contributed by atoms with E-state index in [1.807, 2.05) is 0 Å². The molecule has 1 aromatic rings.